The summed E-state index contributed by atoms with van der Waals surface area (Å²) in [6.45, 7) is 1.72. The van der Waals surface area contributed by atoms with Crippen molar-refractivity contribution in [3.63, 3.8) is 0 Å². The number of benzene rings is 1. The molecule has 0 amide bonds. The zero-order valence-corrected chi connectivity index (χ0v) is 10.3. The lowest BCUT2D eigenvalue weighted by Gasteiger charge is -2.04. The standard InChI is InChI=1S/C12H15N3O3/c1-7-3-4-8(5-10(7)17-2)12-14-11(15-18-12)9(13)6-16/h3-5,9,16H,6,13H2,1-2H3. The summed E-state index contributed by atoms with van der Waals surface area (Å²) in [5.41, 5.74) is 7.38. The van der Waals surface area contributed by atoms with Gasteiger partial charge in [0.25, 0.3) is 5.89 Å². The number of aliphatic hydroxyl groups is 1. The van der Waals surface area contributed by atoms with Crippen LogP contribution in [0.1, 0.15) is 17.4 Å². The monoisotopic (exact) mass is 249 g/mol. The van der Waals surface area contributed by atoms with Crippen molar-refractivity contribution in [1.82, 2.24) is 10.1 Å². The SMILES string of the molecule is COc1cc(-c2nc(C(N)CO)no2)ccc1C. The molecule has 2 aromatic rings. The van der Waals surface area contributed by atoms with E-state index in [0.717, 1.165) is 16.9 Å². The Balaban J connectivity index is 2.34. The number of nitrogens with zero attached hydrogens (tertiary/aromatic N) is 2. The van der Waals surface area contributed by atoms with Crippen LogP contribution >= 0.6 is 0 Å². The smallest absolute Gasteiger partial charge is 0.258 e. The summed E-state index contributed by atoms with van der Waals surface area (Å²) in [4.78, 5) is 4.14. The van der Waals surface area contributed by atoms with E-state index in [2.05, 4.69) is 10.1 Å². The van der Waals surface area contributed by atoms with Gasteiger partial charge in [0.1, 0.15) is 5.75 Å². The van der Waals surface area contributed by atoms with Gasteiger partial charge < -0.3 is 20.1 Å². The van der Waals surface area contributed by atoms with Crippen molar-refractivity contribution in [3.05, 3.63) is 29.6 Å². The molecule has 6 heteroatoms. The molecule has 0 saturated heterocycles. The van der Waals surface area contributed by atoms with Gasteiger partial charge in [-0.1, -0.05) is 11.2 Å². The molecule has 96 valence electrons. The Labute approximate surface area is 104 Å². The van der Waals surface area contributed by atoms with Gasteiger partial charge in [-0.05, 0) is 24.6 Å². The van der Waals surface area contributed by atoms with Crippen LogP contribution in [0.5, 0.6) is 5.75 Å². The summed E-state index contributed by atoms with van der Waals surface area (Å²) in [6, 6.07) is 4.95. The first kappa shape index (κ1) is 12.5. The molecule has 1 heterocycles. The van der Waals surface area contributed by atoms with Gasteiger partial charge in [-0.2, -0.15) is 4.98 Å². The fourth-order valence-electron chi connectivity index (χ4n) is 1.54. The van der Waals surface area contributed by atoms with Gasteiger partial charge in [-0.15, -0.1) is 0 Å². The van der Waals surface area contributed by atoms with Crippen LogP contribution in [0.2, 0.25) is 0 Å². The van der Waals surface area contributed by atoms with Crippen molar-refractivity contribution in [1.29, 1.82) is 0 Å². The summed E-state index contributed by atoms with van der Waals surface area (Å²) in [7, 11) is 1.60. The first-order valence-corrected chi connectivity index (χ1v) is 5.50. The van der Waals surface area contributed by atoms with E-state index in [1.165, 1.54) is 0 Å². The van der Waals surface area contributed by atoms with E-state index >= 15 is 0 Å². The number of hydrogen-bond donors (Lipinski definition) is 2. The number of ether oxygens (including phenoxy) is 1. The van der Waals surface area contributed by atoms with Crippen LogP contribution in [-0.4, -0.2) is 29.0 Å². The van der Waals surface area contributed by atoms with Crippen molar-refractivity contribution in [3.8, 4) is 17.2 Å². The second-order valence-corrected chi connectivity index (χ2v) is 3.93. The van der Waals surface area contributed by atoms with Crippen molar-refractivity contribution < 1.29 is 14.4 Å². The Hall–Kier alpha value is -1.92. The lowest BCUT2D eigenvalue weighted by Crippen LogP contribution is -2.15. The topological polar surface area (TPSA) is 94.4 Å². The molecule has 0 spiro atoms. The van der Waals surface area contributed by atoms with Gasteiger partial charge >= 0.3 is 0 Å². The molecule has 0 aliphatic carbocycles. The molecule has 0 bridgehead atoms. The van der Waals surface area contributed by atoms with E-state index in [-0.39, 0.29) is 12.4 Å². The summed E-state index contributed by atoms with van der Waals surface area (Å²) in [6.07, 6.45) is 0. The van der Waals surface area contributed by atoms with Crippen molar-refractivity contribution in [2.75, 3.05) is 13.7 Å². The third-order valence-electron chi connectivity index (χ3n) is 2.63. The maximum absolute atomic E-state index is 8.92. The fourth-order valence-corrected chi connectivity index (χ4v) is 1.54. The van der Waals surface area contributed by atoms with Gasteiger partial charge in [0.15, 0.2) is 5.82 Å². The van der Waals surface area contributed by atoms with E-state index in [1.54, 1.807) is 7.11 Å². The quantitative estimate of drug-likeness (QED) is 0.840. The van der Waals surface area contributed by atoms with Crippen LogP contribution in [0, 0.1) is 6.92 Å². The van der Waals surface area contributed by atoms with Crippen LogP contribution < -0.4 is 10.5 Å². The van der Waals surface area contributed by atoms with Gasteiger partial charge in [-0.3, -0.25) is 0 Å². The van der Waals surface area contributed by atoms with Gasteiger partial charge in [0.05, 0.1) is 19.8 Å². The van der Waals surface area contributed by atoms with Crippen LogP contribution in [0.25, 0.3) is 11.5 Å². The first-order valence-electron chi connectivity index (χ1n) is 5.50. The van der Waals surface area contributed by atoms with Crippen molar-refractivity contribution in [2.45, 2.75) is 13.0 Å². The third kappa shape index (κ3) is 2.34. The number of nitrogens with two attached hydrogens (primary N) is 1. The molecule has 18 heavy (non-hydrogen) atoms. The highest BCUT2D eigenvalue weighted by Gasteiger charge is 2.15. The maximum atomic E-state index is 8.92. The molecule has 1 unspecified atom stereocenters. The highest BCUT2D eigenvalue weighted by atomic mass is 16.5. The largest absolute Gasteiger partial charge is 0.496 e. The number of aromatic nitrogens is 2. The molecule has 0 aliphatic rings. The van der Waals surface area contributed by atoms with E-state index in [0.29, 0.717) is 5.89 Å². The summed E-state index contributed by atoms with van der Waals surface area (Å²) in [5, 5.41) is 12.6. The molecular weight excluding hydrogens is 234 g/mol. The molecule has 2 rings (SSSR count). The highest BCUT2D eigenvalue weighted by Crippen LogP contribution is 2.26. The molecule has 3 N–H and O–H groups in total. The summed E-state index contributed by atoms with van der Waals surface area (Å²) >= 11 is 0. The molecule has 0 radical (unpaired) electrons. The Bertz CT molecular complexity index is 539. The average molecular weight is 249 g/mol. The molecule has 0 saturated carbocycles. The lowest BCUT2D eigenvalue weighted by molar-refractivity contribution is 0.260. The number of aliphatic hydroxyl groups excluding tert-OH is 1. The van der Waals surface area contributed by atoms with Crippen LogP contribution in [0.4, 0.5) is 0 Å². The molecule has 1 atom stereocenters. The number of rotatable bonds is 4. The van der Waals surface area contributed by atoms with Gasteiger partial charge in [0.2, 0.25) is 0 Å². The Kier molecular flexibility index (Phi) is 3.59. The normalized spacial score (nSPS) is 12.4. The van der Waals surface area contributed by atoms with Crippen molar-refractivity contribution in [2.24, 2.45) is 5.73 Å². The predicted molar refractivity (Wildman–Crippen MR) is 65.0 cm³/mol. The zero-order valence-electron chi connectivity index (χ0n) is 10.3. The van der Waals surface area contributed by atoms with Crippen LogP contribution in [-0.2, 0) is 0 Å². The van der Waals surface area contributed by atoms with E-state index in [9.17, 15) is 0 Å². The van der Waals surface area contributed by atoms with E-state index in [1.807, 2.05) is 25.1 Å². The molecule has 0 aliphatic heterocycles. The summed E-state index contributed by atoms with van der Waals surface area (Å²) < 4.78 is 10.3. The van der Waals surface area contributed by atoms with E-state index in [4.69, 9.17) is 20.1 Å². The van der Waals surface area contributed by atoms with Crippen LogP contribution in [0.3, 0.4) is 0 Å². The summed E-state index contributed by atoms with van der Waals surface area (Å²) in [5.74, 6) is 1.39. The average Bonchev–Trinajstić information content (AvgIpc) is 2.88. The molecular formula is C12H15N3O3. The van der Waals surface area contributed by atoms with Gasteiger partial charge in [0, 0.05) is 5.56 Å². The minimum atomic E-state index is -0.630. The highest BCUT2D eigenvalue weighted by molar-refractivity contribution is 5.57. The number of methoxy groups -OCH3 is 1. The minimum Gasteiger partial charge on any atom is -0.496 e. The predicted octanol–water partition coefficient (Wildman–Crippen LogP) is 1.05. The van der Waals surface area contributed by atoms with E-state index < -0.39 is 6.04 Å². The molecule has 6 nitrogen and oxygen atoms in total. The minimum absolute atomic E-state index is 0.226. The van der Waals surface area contributed by atoms with Crippen molar-refractivity contribution >= 4 is 0 Å². The second-order valence-electron chi connectivity index (χ2n) is 3.93. The fraction of sp³-hybridized carbons (Fsp3) is 0.333. The van der Waals surface area contributed by atoms with Crippen LogP contribution in [0.15, 0.2) is 22.7 Å². The number of aryl methyl sites for hydroxylation is 1. The molecule has 1 aromatic heterocycles. The zero-order chi connectivity index (χ0) is 13.1. The maximum Gasteiger partial charge on any atom is 0.258 e. The molecule has 1 aromatic carbocycles. The third-order valence-corrected chi connectivity index (χ3v) is 2.63. The second kappa shape index (κ2) is 5.16. The lowest BCUT2D eigenvalue weighted by atomic mass is 10.1. The first-order chi connectivity index (χ1) is 8.65. The van der Waals surface area contributed by atoms with Gasteiger partial charge in [-0.25, -0.2) is 0 Å². The Morgan fingerprint density at radius 2 is 2.28 bits per heavy atom. The Morgan fingerprint density at radius 3 is 2.94 bits per heavy atom. The number of hydrogen-bond acceptors (Lipinski definition) is 6. The Morgan fingerprint density at radius 1 is 1.50 bits per heavy atom. The molecule has 0 fully saturated rings.